The van der Waals surface area contributed by atoms with Crippen molar-refractivity contribution in [2.24, 2.45) is 0 Å². The predicted molar refractivity (Wildman–Crippen MR) is 129 cm³/mol. The van der Waals surface area contributed by atoms with E-state index in [1.54, 1.807) is 0 Å². The number of esters is 1. The molecule has 0 aromatic heterocycles. The molecule has 0 bridgehead atoms. The van der Waals surface area contributed by atoms with Crippen LogP contribution in [0.3, 0.4) is 0 Å². The molecule has 1 aromatic rings. The van der Waals surface area contributed by atoms with Gasteiger partial charge >= 0.3 is 11.9 Å². The fourth-order valence-corrected chi connectivity index (χ4v) is 3.92. The van der Waals surface area contributed by atoms with Crippen LogP contribution < -0.4 is 0 Å². The van der Waals surface area contributed by atoms with E-state index in [2.05, 4.69) is 31.2 Å². The largest absolute Gasteiger partial charge is 0.479 e. The first-order chi connectivity index (χ1) is 15.5. The van der Waals surface area contributed by atoms with Crippen LogP contribution in [0.15, 0.2) is 30.3 Å². The van der Waals surface area contributed by atoms with Crippen molar-refractivity contribution in [3.8, 4) is 0 Å². The number of carbonyl (C=O) groups is 2. The van der Waals surface area contributed by atoms with E-state index in [4.69, 9.17) is 14.6 Å². The van der Waals surface area contributed by atoms with E-state index in [9.17, 15) is 9.59 Å². The Kier molecular flexibility index (Phi) is 16.4. The van der Waals surface area contributed by atoms with Crippen molar-refractivity contribution in [1.29, 1.82) is 0 Å². The summed E-state index contributed by atoms with van der Waals surface area (Å²) in [5.41, 5.74) is 1.22. The molecular formula is C27H44O5. The number of carboxylic acid groups (broad SMARTS) is 1. The Morgan fingerprint density at radius 3 is 1.88 bits per heavy atom. The average molecular weight is 449 g/mol. The van der Waals surface area contributed by atoms with Crippen LogP contribution in [0.5, 0.6) is 0 Å². The van der Waals surface area contributed by atoms with E-state index in [1.165, 1.54) is 51.0 Å². The Hall–Kier alpha value is -1.88. The highest BCUT2D eigenvalue weighted by Gasteiger charge is 2.19. The molecule has 0 spiro atoms. The van der Waals surface area contributed by atoms with Gasteiger partial charge in [-0.2, -0.15) is 0 Å². The Morgan fingerprint density at radius 1 is 0.812 bits per heavy atom. The number of carbonyl (C=O) groups excluding carboxylic acids is 1. The molecule has 182 valence electrons. The lowest BCUT2D eigenvalue weighted by molar-refractivity contribution is -0.163. The molecule has 5 heteroatoms. The molecule has 0 saturated heterocycles. The van der Waals surface area contributed by atoms with Gasteiger partial charge in [0.15, 0.2) is 6.10 Å². The maximum absolute atomic E-state index is 11.1. The topological polar surface area (TPSA) is 72.8 Å². The third-order valence-corrected chi connectivity index (χ3v) is 5.78. The van der Waals surface area contributed by atoms with E-state index < -0.39 is 18.0 Å². The Labute approximate surface area is 194 Å². The summed E-state index contributed by atoms with van der Waals surface area (Å²) in [6.07, 6.45) is 14.7. The summed E-state index contributed by atoms with van der Waals surface area (Å²) in [5.74, 6) is -1.60. The molecule has 2 unspecified atom stereocenters. The maximum Gasteiger partial charge on any atom is 0.345 e. The first-order valence-corrected chi connectivity index (χ1v) is 12.6. The molecule has 0 heterocycles. The number of ether oxygens (including phenoxy) is 2. The minimum Gasteiger partial charge on any atom is -0.479 e. The molecule has 1 rings (SSSR count). The van der Waals surface area contributed by atoms with Crippen LogP contribution in [0.2, 0.25) is 0 Å². The van der Waals surface area contributed by atoms with Crippen LogP contribution in [0.4, 0.5) is 0 Å². The van der Waals surface area contributed by atoms with Gasteiger partial charge in [-0.15, -0.1) is 0 Å². The minimum atomic E-state index is -1.06. The van der Waals surface area contributed by atoms with E-state index in [0.29, 0.717) is 19.1 Å². The number of unbranched alkanes of at least 4 members (excludes halogenated alkanes) is 9. The summed E-state index contributed by atoms with van der Waals surface area (Å²) in [4.78, 5) is 22.1. The first kappa shape index (κ1) is 28.2. The highest BCUT2D eigenvalue weighted by atomic mass is 16.6. The lowest BCUT2D eigenvalue weighted by atomic mass is 10.0. The van der Waals surface area contributed by atoms with E-state index in [-0.39, 0.29) is 0 Å². The zero-order valence-corrected chi connectivity index (χ0v) is 20.2. The van der Waals surface area contributed by atoms with Crippen molar-refractivity contribution in [2.75, 3.05) is 0 Å². The van der Waals surface area contributed by atoms with Gasteiger partial charge in [0, 0.05) is 6.92 Å². The highest BCUT2D eigenvalue weighted by Crippen LogP contribution is 2.18. The third kappa shape index (κ3) is 15.0. The van der Waals surface area contributed by atoms with Crippen molar-refractivity contribution in [3.63, 3.8) is 0 Å². The van der Waals surface area contributed by atoms with E-state index in [1.807, 2.05) is 6.07 Å². The molecule has 0 fully saturated rings. The summed E-state index contributed by atoms with van der Waals surface area (Å²) in [7, 11) is 0. The lowest BCUT2D eigenvalue weighted by Gasteiger charge is -2.18. The molecule has 0 aliphatic heterocycles. The second kappa shape index (κ2) is 18.7. The Balaban J connectivity index is 2.25. The average Bonchev–Trinajstić information content (AvgIpc) is 2.77. The van der Waals surface area contributed by atoms with Gasteiger partial charge in [0.1, 0.15) is 0 Å². The number of hydrogen-bond acceptors (Lipinski definition) is 4. The predicted octanol–water partition coefficient (Wildman–Crippen LogP) is 7.07. The minimum absolute atomic E-state index is 0.307. The normalized spacial score (nSPS) is 12.9. The molecular weight excluding hydrogens is 404 g/mol. The summed E-state index contributed by atoms with van der Waals surface area (Å²) >= 11 is 0. The Morgan fingerprint density at radius 2 is 1.34 bits per heavy atom. The molecule has 0 saturated carbocycles. The van der Waals surface area contributed by atoms with Gasteiger partial charge in [0.25, 0.3) is 0 Å². The quantitative estimate of drug-likeness (QED) is 0.171. The first-order valence-electron chi connectivity index (χ1n) is 12.6. The van der Waals surface area contributed by atoms with Gasteiger partial charge < -0.3 is 14.6 Å². The standard InChI is InChI=1S/C27H44O5/c1-3-4-5-6-8-14-19-25(31-22-24-17-12-11-13-18-24)20-15-9-7-10-16-21-26(27(29)30)32-23(2)28/h11-13,17-18,25-26H,3-10,14-16,19-22H2,1-2H3,(H,29,30). The van der Waals surface area contributed by atoms with Crippen molar-refractivity contribution in [3.05, 3.63) is 35.9 Å². The zero-order valence-electron chi connectivity index (χ0n) is 20.2. The number of carboxylic acids is 1. The maximum atomic E-state index is 11.1. The van der Waals surface area contributed by atoms with Gasteiger partial charge in [-0.25, -0.2) is 4.79 Å². The lowest BCUT2D eigenvalue weighted by Crippen LogP contribution is -2.25. The van der Waals surface area contributed by atoms with Crippen LogP contribution in [0, 0.1) is 0 Å². The number of aliphatic carboxylic acids is 1. The van der Waals surface area contributed by atoms with Crippen LogP contribution in [-0.2, 0) is 25.7 Å². The SMILES string of the molecule is CCCCCCCCC(CCCCCCCC(OC(C)=O)C(=O)O)OCc1ccccc1. The number of rotatable bonds is 20. The van der Waals surface area contributed by atoms with Crippen molar-refractivity contribution in [1.82, 2.24) is 0 Å². The summed E-state index contributed by atoms with van der Waals surface area (Å²) in [6.45, 7) is 4.17. The fourth-order valence-electron chi connectivity index (χ4n) is 3.92. The Bertz CT molecular complexity index is 601. The smallest absolute Gasteiger partial charge is 0.345 e. The van der Waals surface area contributed by atoms with Gasteiger partial charge in [-0.3, -0.25) is 4.79 Å². The molecule has 0 radical (unpaired) electrons. The van der Waals surface area contributed by atoms with E-state index in [0.717, 1.165) is 44.9 Å². The van der Waals surface area contributed by atoms with Gasteiger partial charge in [-0.1, -0.05) is 101 Å². The summed E-state index contributed by atoms with van der Waals surface area (Å²) in [6, 6.07) is 10.4. The van der Waals surface area contributed by atoms with Crippen molar-refractivity contribution in [2.45, 2.75) is 123 Å². The summed E-state index contributed by atoms with van der Waals surface area (Å²) in [5, 5.41) is 9.10. The van der Waals surface area contributed by atoms with Crippen LogP contribution in [-0.4, -0.2) is 29.3 Å². The highest BCUT2D eigenvalue weighted by molar-refractivity contribution is 5.76. The molecule has 2 atom stereocenters. The van der Waals surface area contributed by atoms with E-state index >= 15 is 0 Å². The molecule has 5 nitrogen and oxygen atoms in total. The van der Waals surface area contributed by atoms with Gasteiger partial charge in [0.2, 0.25) is 0 Å². The summed E-state index contributed by atoms with van der Waals surface area (Å²) < 4.78 is 11.1. The fraction of sp³-hybridized carbons (Fsp3) is 0.704. The molecule has 32 heavy (non-hydrogen) atoms. The van der Waals surface area contributed by atoms with Crippen LogP contribution in [0.1, 0.15) is 109 Å². The molecule has 0 aliphatic carbocycles. The van der Waals surface area contributed by atoms with Gasteiger partial charge in [0.05, 0.1) is 12.7 Å². The second-order valence-corrected chi connectivity index (χ2v) is 8.76. The van der Waals surface area contributed by atoms with Crippen molar-refractivity contribution < 1.29 is 24.2 Å². The number of benzene rings is 1. The molecule has 1 N–H and O–H groups in total. The van der Waals surface area contributed by atoms with Crippen LogP contribution >= 0.6 is 0 Å². The second-order valence-electron chi connectivity index (χ2n) is 8.76. The van der Waals surface area contributed by atoms with Crippen LogP contribution in [0.25, 0.3) is 0 Å². The number of hydrogen-bond donors (Lipinski definition) is 1. The van der Waals surface area contributed by atoms with Crippen molar-refractivity contribution >= 4 is 11.9 Å². The monoisotopic (exact) mass is 448 g/mol. The molecule has 0 aliphatic rings. The third-order valence-electron chi connectivity index (χ3n) is 5.78. The zero-order chi connectivity index (χ0) is 23.4. The molecule has 1 aromatic carbocycles. The van der Waals surface area contributed by atoms with Gasteiger partial charge in [-0.05, 0) is 31.2 Å². The molecule has 0 amide bonds.